The normalized spacial score (nSPS) is 17.2. The second-order valence-electron chi connectivity index (χ2n) is 5.93. The highest BCUT2D eigenvalue weighted by Gasteiger charge is 2.32. The van der Waals surface area contributed by atoms with Crippen LogP contribution in [0.5, 0.6) is 0 Å². The third-order valence-electron chi connectivity index (χ3n) is 4.31. The van der Waals surface area contributed by atoms with Crippen molar-refractivity contribution in [2.75, 3.05) is 11.9 Å². The van der Waals surface area contributed by atoms with Crippen molar-refractivity contribution in [1.29, 1.82) is 0 Å². The van der Waals surface area contributed by atoms with Gasteiger partial charge in [0.25, 0.3) is 0 Å². The van der Waals surface area contributed by atoms with E-state index in [2.05, 4.69) is 5.32 Å². The van der Waals surface area contributed by atoms with E-state index in [1.807, 2.05) is 0 Å². The summed E-state index contributed by atoms with van der Waals surface area (Å²) in [5.74, 6) is -0.555. The molecule has 0 aliphatic heterocycles. The molecule has 114 valence electrons. The Kier molecular flexibility index (Phi) is 4.96. The van der Waals surface area contributed by atoms with Crippen molar-refractivity contribution in [1.82, 2.24) is 0 Å². The number of amides is 2. The molecule has 21 heavy (non-hydrogen) atoms. The number of hydrogen-bond acceptors (Lipinski definition) is 3. The van der Waals surface area contributed by atoms with E-state index in [1.165, 1.54) is 6.42 Å². The van der Waals surface area contributed by atoms with Crippen LogP contribution in [-0.4, -0.2) is 18.4 Å². The summed E-state index contributed by atoms with van der Waals surface area (Å²) in [6, 6.07) is 6.67. The summed E-state index contributed by atoms with van der Waals surface area (Å²) in [7, 11) is 0. The standard InChI is InChI=1S/C16H23N3O2/c17-11-16(7-2-1-3-8-16)10-14(20)19-13-6-4-5-12(9-13)15(18)21/h4-6,9H,1-3,7-8,10-11,17H2,(H2,18,21)(H,19,20). The van der Waals surface area contributed by atoms with Gasteiger partial charge >= 0.3 is 0 Å². The molecule has 1 saturated carbocycles. The molecule has 2 amide bonds. The zero-order valence-electron chi connectivity index (χ0n) is 12.2. The molecule has 1 aromatic carbocycles. The highest BCUT2D eigenvalue weighted by atomic mass is 16.2. The fourth-order valence-corrected chi connectivity index (χ4v) is 3.05. The van der Waals surface area contributed by atoms with Crippen molar-refractivity contribution in [3.8, 4) is 0 Å². The predicted octanol–water partition coefficient (Wildman–Crippen LogP) is 2.02. The van der Waals surface area contributed by atoms with Crippen LogP contribution in [0.3, 0.4) is 0 Å². The van der Waals surface area contributed by atoms with E-state index in [1.54, 1.807) is 24.3 Å². The Morgan fingerprint density at radius 3 is 2.52 bits per heavy atom. The van der Waals surface area contributed by atoms with Crippen molar-refractivity contribution in [2.45, 2.75) is 38.5 Å². The molecular formula is C16H23N3O2. The van der Waals surface area contributed by atoms with Crippen molar-refractivity contribution < 1.29 is 9.59 Å². The third kappa shape index (κ3) is 4.04. The number of carbonyl (C=O) groups is 2. The van der Waals surface area contributed by atoms with E-state index >= 15 is 0 Å². The van der Waals surface area contributed by atoms with Crippen molar-refractivity contribution in [3.05, 3.63) is 29.8 Å². The number of hydrogen-bond donors (Lipinski definition) is 3. The molecule has 2 rings (SSSR count). The van der Waals surface area contributed by atoms with Gasteiger partial charge in [-0.3, -0.25) is 9.59 Å². The van der Waals surface area contributed by atoms with Crippen LogP contribution in [-0.2, 0) is 4.79 Å². The zero-order valence-corrected chi connectivity index (χ0v) is 12.2. The Morgan fingerprint density at radius 1 is 1.19 bits per heavy atom. The summed E-state index contributed by atoms with van der Waals surface area (Å²) in [5.41, 5.74) is 12.1. The van der Waals surface area contributed by atoms with Gasteiger partial charge in [-0.1, -0.05) is 25.3 Å². The molecule has 0 saturated heterocycles. The fraction of sp³-hybridized carbons (Fsp3) is 0.500. The van der Waals surface area contributed by atoms with E-state index in [0.29, 0.717) is 24.2 Å². The first-order valence-corrected chi connectivity index (χ1v) is 7.44. The molecule has 1 aromatic rings. The average molecular weight is 289 g/mol. The molecule has 0 spiro atoms. The molecule has 1 fully saturated rings. The number of rotatable bonds is 5. The quantitative estimate of drug-likeness (QED) is 0.773. The van der Waals surface area contributed by atoms with Crippen LogP contribution in [0.1, 0.15) is 48.9 Å². The SMILES string of the molecule is NCC1(CC(=O)Nc2cccc(C(N)=O)c2)CCCCC1. The molecule has 5 N–H and O–H groups in total. The molecule has 0 atom stereocenters. The molecule has 1 aliphatic carbocycles. The second-order valence-corrected chi connectivity index (χ2v) is 5.93. The Balaban J connectivity index is 2.00. The molecule has 0 heterocycles. The van der Waals surface area contributed by atoms with E-state index in [0.717, 1.165) is 25.7 Å². The molecule has 5 heteroatoms. The van der Waals surface area contributed by atoms with Gasteiger partial charge in [-0.05, 0) is 43.0 Å². The summed E-state index contributed by atoms with van der Waals surface area (Å²) >= 11 is 0. The van der Waals surface area contributed by atoms with E-state index in [-0.39, 0.29) is 11.3 Å². The third-order valence-corrected chi connectivity index (χ3v) is 4.31. The summed E-state index contributed by atoms with van der Waals surface area (Å²) in [5, 5.41) is 2.84. The molecule has 0 aromatic heterocycles. The van der Waals surface area contributed by atoms with Gasteiger partial charge in [-0.15, -0.1) is 0 Å². The van der Waals surface area contributed by atoms with Crippen LogP contribution in [0, 0.1) is 5.41 Å². The lowest BCUT2D eigenvalue weighted by Gasteiger charge is -2.35. The van der Waals surface area contributed by atoms with Crippen LogP contribution in [0.25, 0.3) is 0 Å². The summed E-state index contributed by atoms with van der Waals surface area (Å²) in [6.07, 6.45) is 5.97. The topological polar surface area (TPSA) is 98.2 Å². The average Bonchev–Trinajstić information content (AvgIpc) is 2.48. The minimum Gasteiger partial charge on any atom is -0.366 e. The lowest BCUT2D eigenvalue weighted by Crippen LogP contribution is -2.36. The molecule has 5 nitrogen and oxygen atoms in total. The van der Waals surface area contributed by atoms with E-state index in [4.69, 9.17) is 11.5 Å². The number of nitrogens with one attached hydrogen (secondary N) is 1. The monoisotopic (exact) mass is 289 g/mol. The van der Waals surface area contributed by atoms with Gasteiger partial charge in [0.15, 0.2) is 0 Å². The van der Waals surface area contributed by atoms with Crippen LogP contribution >= 0.6 is 0 Å². The predicted molar refractivity (Wildman–Crippen MR) is 82.8 cm³/mol. The number of benzene rings is 1. The van der Waals surface area contributed by atoms with Gasteiger partial charge in [-0.25, -0.2) is 0 Å². The minimum absolute atomic E-state index is 0.0519. The Hall–Kier alpha value is -1.88. The molecular weight excluding hydrogens is 266 g/mol. The fourth-order valence-electron chi connectivity index (χ4n) is 3.05. The van der Waals surface area contributed by atoms with Gasteiger partial charge in [0.05, 0.1) is 0 Å². The largest absolute Gasteiger partial charge is 0.366 e. The van der Waals surface area contributed by atoms with E-state index in [9.17, 15) is 9.59 Å². The summed E-state index contributed by atoms with van der Waals surface area (Å²) in [4.78, 5) is 23.4. The van der Waals surface area contributed by atoms with Crippen molar-refractivity contribution in [2.24, 2.45) is 16.9 Å². The maximum Gasteiger partial charge on any atom is 0.248 e. The van der Waals surface area contributed by atoms with Crippen LogP contribution in [0.2, 0.25) is 0 Å². The van der Waals surface area contributed by atoms with Gasteiger partial charge in [0, 0.05) is 17.7 Å². The highest BCUT2D eigenvalue weighted by Crippen LogP contribution is 2.38. The van der Waals surface area contributed by atoms with Gasteiger partial charge < -0.3 is 16.8 Å². The van der Waals surface area contributed by atoms with Gasteiger partial charge in [0.2, 0.25) is 11.8 Å². The van der Waals surface area contributed by atoms with Crippen LogP contribution in [0.4, 0.5) is 5.69 Å². The molecule has 1 aliphatic rings. The summed E-state index contributed by atoms with van der Waals surface area (Å²) in [6.45, 7) is 0.543. The van der Waals surface area contributed by atoms with E-state index < -0.39 is 5.91 Å². The Morgan fingerprint density at radius 2 is 1.90 bits per heavy atom. The Labute approximate surface area is 125 Å². The first kappa shape index (κ1) is 15.5. The van der Waals surface area contributed by atoms with Crippen LogP contribution < -0.4 is 16.8 Å². The number of nitrogens with two attached hydrogens (primary N) is 2. The number of primary amides is 1. The number of carbonyl (C=O) groups excluding carboxylic acids is 2. The number of anilines is 1. The maximum absolute atomic E-state index is 12.2. The van der Waals surface area contributed by atoms with Crippen LogP contribution in [0.15, 0.2) is 24.3 Å². The first-order chi connectivity index (χ1) is 10.0. The highest BCUT2D eigenvalue weighted by molar-refractivity contribution is 5.96. The Bertz CT molecular complexity index is 522. The lowest BCUT2D eigenvalue weighted by atomic mass is 9.71. The smallest absolute Gasteiger partial charge is 0.248 e. The second kappa shape index (κ2) is 6.72. The van der Waals surface area contributed by atoms with Gasteiger partial charge in [-0.2, -0.15) is 0 Å². The molecule has 0 radical (unpaired) electrons. The lowest BCUT2D eigenvalue weighted by molar-refractivity contribution is -0.118. The van der Waals surface area contributed by atoms with Crippen molar-refractivity contribution in [3.63, 3.8) is 0 Å². The molecule has 0 unspecified atom stereocenters. The first-order valence-electron chi connectivity index (χ1n) is 7.44. The van der Waals surface area contributed by atoms with Gasteiger partial charge in [0.1, 0.15) is 0 Å². The molecule has 0 bridgehead atoms. The zero-order chi connectivity index (χ0) is 15.3. The maximum atomic E-state index is 12.2. The van der Waals surface area contributed by atoms with Crippen molar-refractivity contribution >= 4 is 17.5 Å². The summed E-state index contributed by atoms with van der Waals surface area (Å²) < 4.78 is 0. The minimum atomic E-state index is -0.503.